The highest BCUT2D eigenvalue weighted by Crippen LogP contribution is 2.26. The first-order chi connectivity index (χ1) is 15.1. The number of benzene rings is 1. The van der Waals surface area contributed by atoms with Crippen LogP contribution in [-0.2, 0) is 6.54 Å². The molecule has 9 nitrogen and oxygen atoms in total. The van der Waals surface area contributed by atoms with Crippen LogP contribution in [-0.4, -0.2) is 35.1 Å². The summed E-state index contributed by atoms with van der Waals surface area (Å²) in [4.78, 5) is 13.2. The second-order valence-corrected chi connectivity index (χ2v) is 7.29. The van der Waals surface area contributed by atoms with Crippen molar-refractivity contribution in [3.05, 3.63) is 70.8 Å². The second kappa shape index (κ2) is 7.77. The number of pyridine rings is 1. The van der Waals surface area contributed by atoms with Gasteiger partial charge in [-0.15, -0.1) is 5.10 Å². The van der Waals surface area contributed by atoms with Crippen LogP contribution in [0.25, 0.3) is 34.6 Å². The Morgan fingerprint density at radius 1 is 1.03 bits per heavy atom. The van der Waals surface area contributed by atoms with Crippen LogP contribution in [0.4, 0.5) is 0 Å². The maximum Gasteiger partial charge on any atom is 0.280 e. The Hall–Kier alpha value is -3.85. The van der Waals surface area contributed by atoms with Crippen molar-refractivity contribution in [2.45, 2.75) is 20.4 Å². The lowest BCUT2D eigenvalue weighted by atomic mass is 10.2. The number of aromatic nitrogens is 7. The predicted octanol–water partition coefficient (Wildman–Crippen LogP) is 4.36. The fourth-order valence-electron chi connectivity index (χ4n) is 3.09. The van der Waals surface area contributed by atoms with Crippen LogP contribution in [0.5, 0.6) is 0 Å². The largest absolute Gasteiger partial charge is 0.441 e. The van der Waals surface area contributed by atoms with Crippen LogP contribution in [0.3, 0.4) is 0 Å². The summed E-state index contributed by atoms with van der Waals surface area (Å²) in [7, 11) is 0. The normalized spacial score (nSPS) is 11.2. The molecule has 10 heteroatoms. The first-order valence-corrected chi connectivity index (χ1v) is 9.84. The van der Waals surface area contributed by atoms with Gasteiger partial charge in [0.15, 0.2) is 5.69 Å². The van der Waals surface area contributed by atoms with E-state index >= 15 is 0 Å². The molecular formula is C21H16ClN7O2. The van der Waals surface area contributed by atoms with E-state index in [1.165, 1.54) is 0 Å². The summed E-state index contributed by atoms with van der Waals surface area (Å²) in [5, 5.41) is 13.1. The highest BCUT2D eigenvalue weighted by molar-refractivity contribution is 6.30. The Balaban J connectivity index is 1.41. The lowest BCUT2D eigenvalue weighted by molar-refractivity contribution is 0.430. The molecule has 0 fully saturated rings. The lowest BCUT2D eigenvalue weighted by Crippen LogP contribution is -2.05. The van der Waals surface area contributed by atoms with Crippen molar-refractivity contribution in [1.29, 1.82) is 0 Å². The van der Waals surface area contributed by atoms with Gasteiger partial charge in [0.1, 0.15) is 17.1 Å². The quantitative estimate of drug-likeness (QED) is 0.402. The van der Waals surface area contributed by atoms with Crippen molar-refractivity contribution >= 4 is 11.6 Å². The average molecular weight is 434 g/mol. The van der Waals surface area contributed by atoms with Gasteiger partial charge in [0, 0.05) is 16.8 Å². The third-order valence-corrected chi connectivity index (χ3v) is 5.00. The third kappa shape index (κ3) is 3.71. The van der Waals surface area contributed by atoms with Crippen molar-refractivity contribution in [2.75, 3.05) is 0 Å². The third-order valence-electron chi connectivity index (χ3n) is 4.77. The van der Waals surface area contributed by atoms with Crippen molar-refractivity contribution in [3.63, 3.8) is 0 Å². The van der Waals surface area contributed by atoms with Crippen LogP contribution >= 0.6 is 11.6 Å². The average Bonchev–Trinajstić information content (AvgIpc) is 3.49. The Morgan fingerprint density at radius 3 is 2.74 bits per heavy atom. The molecule has 0 saturated carbocycles. The number of hydrogen-bond acceptors (Lipinski definition) is 8. The van der Waals surface area contributed by atoms with Crippen molar-refractivity contribution in [3.8, 4) is 34.6 Å². The molecule has 0 atom stereocenters. The van der Waals surface area contributed by atoms with Crippen molar-refractivity contribution < 1.29 is 8.94 Å². The lowest BCUT2D eigenvalue weighted by Gasteiger charge is -2.00. The number of halogens is 1. The van der Waals surface area contributed by atoms with E-state index in [1.54, 1.807) is 16.9 Å². The van der Waals surface area contributed by atoms with E-state index in [1.807, 2.05) is 50.2 Å². The zero-order valence-electron chi connectivity index (χ0n) is 16.7. The Labute approximate surface area is 181 Å². The molecule has 0 saturated heterocycles. The molecule has 0 spiro atoms. The molecule has 4 aromatic heterocycles. The SMILES string of the molecule is Cc1oc(-c2cccc(Cl)c2)nc1Cn1nnc(-c2nc(-c3ccccn3)no2)c1C. The summed E-state index contributed by atoms with van der Waals surface area (Å²) in [6.07, 6.45) is 1.67. The Bertz CT molecular complexity index is 1360. The molecule has 0 unspecified atom stereocenters. The van der Waals surface area contributed by atoms with Gasteiger partial charge in [0.25, 0.3) is 5.89 Å². The molecule has 31 heavy (non-hydrogen) atoms. The monoisotopic (exact) mass is 433 g/mol. The molecule has 0 amide bonds. The standard InChI is InChI=1S/C21H16ClN7O2/c1-12-18(21-25-19(27-31-21)16-8-3-4-9-23-16)26-28-29(12)11-17-13(2)30-20(24-17)14-6-5-7-15(22)10-14/h3-10H,11H2,1-2H3. The van der Waals surface area contributed by atoms with Crippen LogP contribution in [0.1, 0.15) is 17.1 Å². The van der Waals surface area contributed by atoms with Gasteiger partial charge in [-0.1, -0.05) is 34.1 Å². The number of nitrogens with zero attached hydrogens (tertiary/aromatic N) is 7. The topological polar surface area (TPSA) is 109 Å². The summed E-state index contributed by atoms with van der Waals surface area (Å²) in [5.41, 5.74) is 3.45. The molecule has 0 bridgehead atoms. The van der Waals surface area contributed by atoms with Gasteiger partial charge < -0.3 is 8.94 Å². The molecule has 4 heterocycles. The fourth-order valence-corrected chi connectivity index (χ4v) is 3.28. The molecule has 1 aromatic carbocycles. The predicted molar refractivity (Wildman–Crippen MR) is 112 cm³/mol. The van der Waals surface area contributed by atoms with Gasteiger partial charge >= 0.3 is 0 Å². The van der Waals surface area contributed by atoms with Gasteiger partial charge in [-0.25, -0.2) is 9.67 Å². The molecule has 5 aromatic rings. The minimum absolute atomic E-state index is 0.279. The zero-order chi connectivity index (χ0) is 21.4. The van der Waals surface area contributed by atoms with Gasteiger partial charge in [0.05, 0.1) is 12.2 Å². The molecule has 154 valence electrons. The zero-order valence-corrected chi connectivity index (χ0v) is 17.4. The number of oxazole rings is 1. The van der Waals surface area contributed by atoms with Crippen LogP contribution in [0.2, 0.25) is 5.02 Å². The summed E-state index contributed by atoms with van der Waals surface area (Å²) >= 11 is 6.08. The smallest absolute Gasteiger partial charge is 0.280 e. The van der Waals surface area contributed by atoms with Gasteiger partial charge in [-0.05, 0) is 44.2 Å². The Kier molecular flexibility index (Phi) is 4.79. The van der Waals surface area contributed by atoms with Crippen LogP contribution < -0.4 is 0 Å². The van der Waals surface area contributed by atoms with E-state index in [0.29, 0.717) is 40.4 Å². The molecule has 5 rings (SSSR count). The molecule has 0 aliphatic carbocycles. The van der Waals surface area contributed by atoms with Crippen LogP contribution in [0.15, 0.2) is 57.6 Å². The van der Waals surface area contributed by atoms with Gasteiger partial charge in [-0.2, -0.15) is 4.98 Å². The molecule has 0 aliphatic heterocycles. The molecule has 0 aliphatic rings. The minimum atomic E-state index is 0.279. The first-order valence-electron chi connectivity index (χ1n) is 9.46. The highest BCUT2D eigenvalue weighted by atomic mass is 35.5. The number of rotatable bonds is 5. The number of hydrogen-bond donors (Lipinski definition) is 0. The fraction of sp³-hybridized carbons (Fsp3) is 0.143. The van der Waals surface area contributed by atoms with E-state index in [0.717, 1.165) is 17.0 Å². The summed E-state index contributed by atoms with van der Waals surface area (Å²) in [5.74, 6) is 1.87. The molecule has 0 radical (unpaired) electrons. The molecular weight excluding hydrogens is 418 g/mol. The molecule has 0 N–H and O–H groups in total. The minimum Gasteiger partial charge on any atom is -0.441 e. The van der Waals surface area contributed by atoms with Crippen molar-refractivity contribution in [1.82, 2.24) is 35.1 Å². The summed E-state index contributed by atoms with van der Waals surface area (Å²) in [6, 6.07) is 12.9. The summed E-state index contributed by atoms with van der Waals surface area (Å²) < 4.78 is 12.9. The number of aryl methyl sites for hydroxylation is 1. The van der Waals surface area contributed by atoms with E-state index in [2.05, 4.69) is 30.4 Å². The Morgan fingerprint density at radius 2 is 1.94 bits per heavy atom. The maximum absolute atomic E-state index is 6.08. The van der Waals surface area contributed by atoms with E-state index in [9.17, 15) is 0 Å². The summed E-state index contributed by atoms with van der Waals surface area (Å²) in [6.45, 7) is 4.13. The highest BCUT2D eigenvalue weighted by Gasteiger charge is 2.20. The van der Waals surface area contributed by atoms with E-state index in [-0.39, 0.29) is 5.89 Å². The maximum atomic E-state index is 6.08. The van der Waals surface area contributed by atoms with Gasteiger partial charge in [-0.3, -0.25) is 4.98 Å². The second-order valence-electron chi connectivity index (χ2n) is 6.85. The van der Waals surface area contributed by atoms with Gasteiger partial charge in [0.2, 0.25) is 11.7 Å². The van der Waals surface area contributed by atoms with Crippen molar-refractivity contribution in [2.24, 2.45) is 0 Å². The first kappa shape index (κ1) is 19.1. The van der Waals surface area contributed by atoms with E-state index in [4.69, 9.17) is 20.5 Å². The van der Waals surface area contributed by atoms with E-state index < -0.39 is 0 Å². The van der Waals surface area contributed by atoms with Crippen LogP contribution in [0, 0.1) is 13.8 Å².